The molecular weight excluding hydrogens is 451 g/mol. The van der Waals surface area contributed by atoms with Crippen molar-refractivity contribution in [2.45, 2.75) is 71.9 Å². The Hall–Kier alpha value is -2.69. The summed E-state index contributed by atoms with van der Waals surface area (Å²) < 4.78 is 0. The third-order valence-corrected chi connectivity index (χ3v) is 13.7. The number of benzene rings is 4. The first-order valence-corrected chi connectivity index (χ1v) is 15.3. The van der Waals surface area contributed by atoms with Crippen LogP contribution >= 0.6 is 7.26 Å². The molecule has 0 N–H and O–H groups in total. The minimum absolute atomic E-state index is 0.249. The first kappa shape index (κ1) is 25.0. The Morgan fingerprint density at radius 2 is 1.08 bits per heavy atom. The van der Waals surface area contributed by atoms with E-state index in [4.69, 9.17) is 0 Å². The van der Waals surface area contributed by atoms with Gasteiger partial charge in [-0.2, -0.15) is 0 Å². The summed E-state index contributed by atoms with van der Waals surface area (Å²) in [4.78, 5) is 0. The number of hydrogen-bond acceptors (Lipinski definition) is 0. The second kappa shape index (κ2) is 9.64. The summed E-state index contributed by atoms with van der Waals surface area (Å²) >= 11 is 0. The van der Waals surface area contributed by atoms with Gasteiger partial charge in [0.2, 0.25) is 0 Å². The van der Waals surface area contributed by atoms with E-state index in [1.54, 1.807) is 22.3 Å². The van der Waals surface area contributed by atoms with E-state index >= 15 is 0 Å². The van der Waals surface area contributed by atoms with Gasteiger partial charge in [0, 0.05) is 0 Å². The highest BCUT2D eigenvalue weighted by Gasteiger charge is 2.52. The standard InChI is InChI=1S/C35H40P/c1-25-26(2)34-32(23-16-24-35(34,5)6)27(3)33(25)28(4)36(29-17-10-7-11-18-29,30-19-12-8-13-20-30)31-21-14-9-15-22-31/h7-15,17-22,28H,16,23-24H2,1-6H3/q+1. The van der Waals surface area contributed by atoms with Crippen LogP contribution in [0.2, 0.25) is 0 Å². The summed E-state index contributed by atoms with van der Waals surface area (Å²) in [6.45, 7) is 14.6. The van der Waals surface area contributed by atoms with E-state index in [0.29, 0.717) is 5.66 Å². The Kier molecular flexibility index (Phi) is 6.69. The highest BCUT2D eigenvalue weighted by atomic mass is 31.2. The molecule has 5 rings (SSSR count). The molecule has 1 unspecified atom stereocenters. The Labute approximate surface area is 219 Å². The predicted octanol–water partition coefficient (Wildman–Crippen LogP) is 8.28. The van der Waals surface area contributed by atoms with Gasteiger partial charge in [0.25, 0.3) is 0 Å². The van der Waals surface area contributed by atoms with Crippen LogP contribution in [-0.2, 0) is 11.8 Å². The zero-order valence-electron chi connectivity index (χ0n) is 22.8. The average molecular weight is 492 g/mol. The van der Waals surface area contributed by atoms with Crippen LogP contribution in [0.1, 0.15) is 72.7 Å². The lowest BCUT2D eigenvalue weighted by molar-refractivity contribution is 0.427. The van der Waals surface area contributed by atoms with E-state index in [2.05, 4.69) is 133 Å². The van der Waals surface area contributed by atoms with Crippen molar-refractivity contribution in [2.24, 2.45) is 0 Å². The minimum atomic E-state index is -2.01. The van der Waals surface area contributed by atoms with Crippen molar-refractivity contribution in [1.82, 2.24) is 0 Å². The second-order valence-corrected chi connectivity index (χ2v) is 15.1. The SMILES string of the molecule is Cc1c(C)c2c(c(C)c1C(C)[P+](c1ccccc1)(c1ccccc1)c1ccccc1)CCCC2(C)C. The molecule has 1 aliphatic carbocycles. The number of rotatable bonds is 5. The van der Waals surface area contributed by atoms with Crippen LogP contribution in [0.15, 0.2) is 91.0 Å². The van der Waals surface area contributed by atoms with Crippen molar-refractivity contribution in [1.29, 1.82) is 0 Å². The molecule has 0 saturated heterocycles. The molecule has 0 aromatic heterocycles. The van der Waals surface area contributed by atoms with Crippen molar-refractivity contribution in [3.63, 3.8) is 0 Å². The van der Waals surface area contributed by atoms with E-state index in [9.17, 15) is 0 Å². The van der Waals surface area contributed by atoms with E-state index < -0.39 is 7.26 Å². The summed E-state index contributed by atoms with van der Waals surface area (Å²) in [6.07, 6.45) is 3.77. The highest BCUT2D eigenvalue weighted by Crippen LogP contribution is 2.67. The lowest BCUT2D eigenvalue weighted by Gasteiger charge is -2.40. The van der Waals surface area contributed by atoms with Crippen molar-refractivity contribution >= 4 is 23.2 Å². The maximum atomic E-state index is 2.52. The van der Waals surface area contributed by atoms with Crippen LogP contribution in [0.4, 0.5) is 0 Å². The molecule has 0 saturated carbocycles. The zero-order chi connectivity index (χ0) is 25.5. The molecule has 36 heavy (non-hydrogen) atoms. The van der Waals surface area contributed by atoms with Crippen molar-refractivity contribution in [3.05, 3.63) is 124 Å². The summed E-state index contributed by atoms with van der Waals surface area (Å²) in [7, 11) is -2.01. The van der Waals surface area contributed by atoms with Gasteiger partial charge >= 0.3 is 0 Å². The van der Waals surface area contributed by atoms with E-state index in [1.807, 2.05) is 0 Å². The Bertz CT molecular complexity index is 1250. The monoisotopic (exact) mass is 491 g/mol. The molecule has 184 valence electrons. The lowest BCUT2D eigenvalue weighted by Crippen LogP contribution is -2.35. The van der Waals surface area contributed by atoms with Crippen molar-refractivity contribution in [2.75, 3.05) is 0 Å². The van der Waals surface area contributed by atoms with Gasteiger partial charge in [0.05, 0.1) is 0 Å². The fourth-order valence-corrected chi connectivity index (χ4v) is 12.2. The topological polar surface area (TPSA) is 0 Å². The number of fused-ring (bicyclic) bond motifs is 1. The molecule has 4 aromatic carbocycles. The van der Waals surface area contributed by atoms with E-state index in [-0.39, 0.29) is 5.41 Å². The largest absolute Gasteiger partial charge is 0.119 e. The minimum Gasteiger partial charge on any atom is -0.0620 e. The molecular formula is C35H40P+. The molecule has 0 radical (unpaired) electrons. The van der Waals surface area contributed by atoms with Gasteiger partial charge in [-0.15, -0.1) is 0 Å². The maximum absolute atomic E-state index is 2.52. The highest BCUT2D eigenvalue weighted by molar-refractivity contribution is 7.96. The molecule has 0 nitrogen and oxygen atoms in total. The fraction of sp³-hybridized carbons (Fsp3) is 0.314. The quantitative estimate of drug-likeness (QED) is 0.246. The van der Waals surface area contributed by atoms with Crippen LogP contribution in [0.25, 0.3) is 0 Å². The van der Waals surface area contributed by atoms with Gasteiger partial charge in [-0.3, -0.25) is 0 Å². The molecule has 0 spiro atoms. The van der Waals surface area contributed by atoms with Crippen LogP contribution in [0.3, 0.4) is 0 Å². The van der Waals surface area contributed by atoms with Gasteiger partial charge in [-0.25, -0.2) is 0 Å². The Morgan fingerprint density at radius 3 is 1.53 bits per heavy atom. The molecule has 1 heteroatoms. The van der Waals surface area contributed by atoms with Crippen molar-refractivity contribution in [3.8, 4) is 0 Å². The first-order valence-electron chi connectivity index (χ1n) is 13.5. The smallest absolute Gasteiger partial charge is 0.0620 e. The molecule has 4 aromatic rings. The normalized spacial score (nSPS) is 15.8. The summed E-state index contributed by atoms with van der Waals surface area (Å²) in [5.41, 5.74) is 10.0. The fourth-order valence-electron chi connectivity index (χ4n) is 7.24. The number of hydrogen-bond donors (Lipinski definition) is 0. The van der Waals surface area contributed by atoms with Crippen LogP contribution in [0, 0.1) is 20.8 Å². The molecule has 0 heterocycles. The van der Waals surface area contributed by atoms with Crippen LogP contribution < -0.4 is 15.9 Å². The average Bonchev–Trinajstić information content (AvgIpc) is 2.89. The Balaban J connectivity index is 1.88. The summed E-state index contributed by atoms with van der Waals surface area (Å²) in [5.74, 6) is 0. The van der Waals surface area contributed by atoms with Gasteiger partial charge < -0.3 is 0 Å². The summed E-state index contributed by atoms with van der Waals surface area (Å²) in [5, 5.41) is 4.39. The van der Waals surface area contributed by atoms with E-state index in [1.165, 1.54) is 46.3 Å². The molecule has 0 bridgehead atoms. The van der Waals surface area contributed by atoms with Gasteiger partial charge in [-0.05, 0) is 122 Å². The van der Waals surface area contributed by atoms with Crippen LogP contribution in [-0.4, -0.2) is 0 Å². The Morgan fingerprint density at radius 1 is 0.639 bits per heavy atom. The first-order chi connectivity index (χ1) is 17.3. The third-order valence-electron chi connectivity index (χ3n) is 8.89. The lowest BCUT2D eigenvalue weighted by atomic mass is 9.68. The summed E-state index contributed by atoms with van der Waals surface area (Å²) in [6, 6.07) is 34.1. The van der Waals surface area contributed by atoms with Gasteiger partial charge in [0.15, 0.2) is 0 Å². The van der Waals surface area contributed by atoms with E-state index in [0.717, 1.165) is 0 Å². The van der Waals surface area contributed by atoms with Crippen LogP contribution in [0.5, 0.6) is 0 Å². The molecule has 1 aliphatic rings. The second-order valence-electron chi connectivity index (χ2n) is 11.3. The maximum Gasteiger partial charge on any atom is 0.119 e. The molecule has 1 atom stereocenters. The molecule has 0 aliphatic heterocycles. The molecule has 0 fully saturated rings. The predicted molar refractivity (Wildman–Crippen MR) is 160 cm³/mol. The van der Waals surface area contributed by atoms with Crippen molar-refractivity contribution < 1.29 is 0 Å². The third kappa shape index (κ3) is 3.86. The van der Waals surface area contributed by atoms with Gasteiger partial charge in [-0.1, -0.05) is 68.4 Å². The van der Waals surface area contributed by atoms with Gasteiger partial charge in [0.1, 0.15) is 28.8 Å². The zero-order valence-corrected chi connectivity index (χ0v) is 23.7. The molecule has 0 amide bonds.